The van der Waals surface area contributed by atoms with E-state index in [2.05, 4.69) is 4.98 Å². The average Bonchev–Trinajstić information content (AvgIpc) is 2.40. The molecule has 0 spiro atoms. The quantitative estimate of drug-likeness (QED) is 0.548. The third kappa shape index (κ3) is 1.42. The highest BCUT2D eigenvalue weighted by molar-refractivity contribution is 5.95. The van der Waals surface area contributed by atoms with E-state index in [1.807, 2.05) is 0 Å². The van der Waals surface area contributed by atoms with Crippen LogP contribution in [-0.4, -0.2) is 31.7 Å². The number of hydrogen-bond acceptors (Lipinski definition) is 4. The van der Waals surface area contributed by atoms with Crippen LogP contribution >= 0.6 is 0 Å². The van der Waals surface area contributed by atoms with Crippen molar-refractivity contribution >= 4 is 5.84 Å². The molecule has 0 unspecified atom stereocenters. The normalized spacial score (nSPS) is 22.1. The van der Waals surface area contributed by atoms with Crippen LogP contribution in [0.25, 0.3) is 0 Å². The molecule has 1 aromatic rings. The van der Waals surface area contributed by atoms with Gasteiger partial charge >= 0.3 is 0 Å². The summed E-state index contributed by atoms with van der Waals surface area (Å²) in [4.78, 5) is 4.07. The molecule has 1 aliphatic heterocycles. The predicted molar refractivity (Wildman–Crippen MR) is 65.3 cm³/mol. The van der Waals surface area contributed by atoms with Gasteiger partial charge in [-0.05, 0) is 39.8 Å². The van der Waals surface area contributed by atoms with Crippen LogP contribution in [0.4, 0.5) is 0 Å². The molecular weight excluding hydrogens is 218 g/mol. The molecule has 5 heteroatoms. The number of aromatic nitrogens is 1. The molecule has 0 saturated carbocycles. The van der Waals surface area contributed by atoms with Crippen molar-refractivity contribution in [2.75, 3.05) is 0 Å². The molecule has 0 amide bonds. The van der Waals surface area contributed by atoms with E-state index < -0.39 is 11.1 Å². The van der Waals surface area contributed by atoms with Gasteiger partial charge in [-0.2, -0.15) is 0 Å². The summed E-state index contributed by atoms with van der Waals surface area (Å²) in [6.07, 6.45) is 1.57. The predicted octanol–water partition coefficient (Wildman–Crippen LogP) is 1.71. The average molecular weight is 234 g/mol. The molecule has 0 atom stereocenters. The molecule has 2 rings (SSSR count). The molecule has 0 aliphatic carbocycles. The Balaban J connectivity index is 2.59. The molecular formula is C12H16N3O2-. The second-order valence-corrected chi connectivity index (χ2v) is 5.25. The Hall–Kier alpha value is -1.62. The lowest BCUT2D eigenvalue weighted by atomic mass is 9.84. The van der Waals surface area contributed by atoms with Crippen molar-refractivity contribution in [3.05, 3.63) is 40.5 Å². The maximum atomic E-state index is 12.3. The number of hydrogen-bond donors (Lipinski definition) is 0. The number of pyridine rings is 1. The minimum Gasteiger partial charge on any atom is -0.714 e. The Morgan fingerprint density at radius 2 is 1.88 bits per heavy atom. The van der Waals surface area contributed by atoms with Crippen LogP contribution in [0.15, 0.2) is 24.4 Å². The van der Waals surface area contributed by atoms with Gasteiger partial charge in [-0.15, -0.1) is 0 Å². The van der Waals surface area contributed by atoms with Crippen LogP contribution in [0.2, 0.25) is 0 Å². The van der Waals surface area contributed by atoms with E-state index in [1.165, 1.54) is 0 Å². The van der Waals surface area contributed by atoms with E-state index in [0.717, 1.165) is 9.80 Å². The van der Waals surface area contributed by atoms with Crippen molar-refractivity contribution in [2.45, 2.75) is 38.8 Å². The van der Waals surface area contributed by atoms with Crippen LogP contribution in [0, 0.1) is 10.4 Å². The number of amidine groups is 1. The zero-order valence-electron chi connectivity index (χ0n) is 10.5. The van der Waals surface area contributed by atoms with E-state index in [9.17, 15) is 10.4 Å². The summed E-state index contributed by atoms with van der Waals surface area (Å²) in [6.45, 7) is 7.06. The van der Waals surface area contributed by atoms with Crippen molar-refractivity contribution in [3.8, 4) is 0 Å². The summed E-state index contributed by atoms with van der Waals surface area (Å²) < 4.78 is 0.766. The van der Waals surface area contributed by atoms with Gasteiger partial charge in [0.25, 0.3) is 5.84 Å². The second kappa shape index (κ2) is 3.43. The standard InChI is InChI=1S/C12H16N3O2/c1-11(2)12(3,4)15(17)10(14(11)16)9-7-5-6-8-13-9/h5-8H,1-4H3/q-1. The molecule has 0 fully saturated rings. The summed E-state index contributed by atoms with van der Waals surface area (Å²) in [6, 6.07) is 5.18. The molecule has 0 saturated heterocycles. The van der Waals surface area contributed by atoms with Crippen molar-refractivity contribution in [2.24, 2.45) is 0 Å². The fraction of sp³-hybridized carbons (Fsp3) is 0.500. The van der Waals surface area contributed by atoms with Crippen molar-refractivity contribution < 1.29 is 4.74 Å². The van der Waals surface area contributed by atoms with Gasteiger partial charge in [-0.3, -0.25) is 9.80 Å². The molecule has 92 valence electrons. The first-order chi connectivity index (χ1) is 7.80. The molecule has 0 radical (unpaired) electrons. The first kappa shape index (κ1) is 11.9. The van der Waals surface area contributed by atoms with Crippen molar-refractivity contribution in [1.82, 2.24) is 10.0 Å². The largest absolute Gasteiger partial charge is 0.714 e. The second-order valence-electron chi connectivity index (χ2n) is 5.25. The smallest absolute Gasteiger partial charge is 0.297 e. The highest BCUT2D eigenvalue weighted by Crippen LogP contribution is 2.37. The molecule has 2 heterocycles. The molecule has 0 aromatic carbocycles. The summed E-state index contributed by atoms with van der Waals surface area (Å²) >= 11 is 0. The summed E-state index contributed by atoms with van der Waals surface area (Å²) in [5.41, 5.74) is -1.17. The number of nitrogens with zero attached hydrogens (tertiary/aromatic N) is 3. The molecule has 0 N–H and O–H groups in total. The minimum absolute atomic E-state index is 0.0839. The monoisotopic (exact) mass is 234 g/mol. The molecule has 1 aromatic heterocycles. The summed E-state index contributed by atoms with van der Waals surface area (Å²) in [7, 11) is 0. The van der Waals surface area contributed by atoms with E-state index in [0.29, 0.717) is 5.69 Å². The van der Waals surface area contributed by atoms with Gasteiger partial charge < -0.3 is 10.4 Å². The van der Waals surface area contributed by atoms with Crippen LogP contribution in [-0.2, 0) is 0 Å². The fourth-order valence-electron chi connectivity index (χ4n) is 1.81. The lowest BCUT2D eigenvalue weighted by Gasteiger charge is -2.38. The van der Waals surface area contributed by atoms with Crippen LogP contribution in [0.1, 0.15) is 33.4 Å². The highest BCUT2D eigenvalue weighted by atomic mass is 16.5. The zero-order chi connectivity index (χ0) is 12.8. The molecule has 17 heavy (non-hydrogen) atoms. The van der Waals surface area contributed by atoms with E-state index in [4.69, 9.17) is 0 Å². The first-order valence-electron chi connectivity index (χ1n) is 5.53. The molecule has 1 aliphatic rings. The van der Waals surface area contributed by atoms with Crippen LogP contribution in [0.5, 0.6) is 0 Å². The third-order valence-electron chi connectivity index (χ3n) is 3.79. The highest BCUT2D eigenvalue weighted by Gasteiger charge is 2.54. The summed E-state index contributed by atoms with van der Waals surface area (Å²) in [5, 5.41) is 25.3. The SMILES string of the molecule is CC1(C)N([O-])C(c2ccccn2)=[N+]([O-])C1(C)C. The Bertz CT molecular complexity index is 466. The lowest BCUT2D eigenvalue weighted by Crippen LogP contribution is -2.52. The Labute approximate surface area is 101 Å². The van der Waals surface area contributed by atoms with E-state index in [-0.39, 0.29) is 5.84 Å². The van der Waals surface area contributed by atoms with Gasteiger partial charge in [-0.25, -0.2) is 4.98 Å². The topological polar surface area (TPSA) is 65.3 Å². The lowest BCUT2D eigenvalue weighted by molar-refractivity contribution is -0.539. The van der Waals surface area contributed by atoms with Gasteiger partial charge in [0, 0.05) is 6.20 Å². The number of hydroxylamine groups is 3. The third-order valence-corrected chi connectivity index (χ3v) is 3.79. The molecule has 5 nitrogen and oxygen atoms in total. The van der Waals surface area contributed by atoms with Crippen LogP contribution in [0.3, 0.4) is 0 Å². The summed E-state index contributed by atoms with van der Waals surface area (Å²) in [5.74, 6) is 0.0839. The van der Waals surface area contributed by atoms with Crippen molar-refractivity contribution in [1.29, 1.82) is 0 Å². The fourth-order valence-corrected chi connectivity index (χ4v) is 1.81. The minimum atomic E-state index is -0.790. The first-order valence-corrected chi connectivity index (χ1v) is 5.53. The van der Waals surface area contributed by atoms with Gasteiger partial charge in [-0.1, -0.05) is 6.07 Å². The Kier molecular flexibility index (Phi) is 2.39. The van der Waals surface area contributed by atoms with Gasteiger partial charge in [0.1, 0.15) is 11.1 Å². The van der Waals surface area contributed by atoms with E-state index in [1.54, 1.807) is 52.1 Å². The van der Waals surface area contributed by atoms with Crippen LogP contribution < -0.4 is 0 Å². The maximum Gasteiger partial charge on any atom is 0.297 e. The maximum absolute atomic E-state index is 12.3. The van der Waals surface area contributed by atoms with Gasteiger partial charge in [0.05, 0.1) is 0 Å². The van der Waals surface area contributed by atoms with E-state index >= 15 is 0 Å². The van der Waals surface area contributed by atoms with Gasteiger partial charge in [0.2, 0.25) is 0 Å². The van der Waals surface area contributed by atoms with Crippen molar-refractivity contribution in [3.63, 3.8) is 0 Å². The number of rotatable bonds is 1. The van der Waals surface area contributed by atoms with Gasteiger partial charge in [0.15, 0.2) is 5.69 Å². The Morgan fingerprint density at radius 3 is 2.29 bits per heavy atom. The zero-order valence-corrected chi connectivity index (χ0v) is 10.5. The Morgan fingerprint density at radius 1 is 1.24 bits per heavy atom. The molecule has 0 bridgehead atoms.